The first-order valence-corrected chi connectivity index (χ1v) is 9.71. The average molecular weight is 435 g/mol. The number of para-hydroxylation sites is 1. The molecule has 0 radical (unpaired) electrons. The number of anilines is 1. The van der Waals surface area contributed by atoms with Crippen molar-refractivity contribution in [3.05, 3.63) is 77.6 Å². The second kappa shape index (κ2) is 9.27. The molecule has 8 nitrogen and oxygen atoms in total. The standard InChI is InChI=1S/C22H19ClN6O2/c1-30-18-9-8-15(12-19(18)31-2)22-16(13-24-26-21-11-10-20(23)25-27-21)14-29(28-22)17-6-4-3-5-7-17/h3-14H,1-2H3,(H,26,27)/b24-13+. The van der Waals surface area contributed by atoms with Crippen LogP contribution in [0.3, 0.4) is 0 Å². The van der Waals surface area contributed by atoms with Gasteiger partial charge in [0.15, 0.2) is 22.5 Å². The van der Waals surface area contributed by atoms with Gasteiger partial charge >= 0.3 is 0 Å². The van der Waals surface area contributed by atoms with Crippen LogP contribution in [0.4, 0.5) is 5.82 Å². The van der Waals surface area contributed by atoms with E-state index in [9.17, 15) is 0 Å². The highest BCUT2D eigenvalue weighted by Gasteiger charge is 2.14. The summed E-state index contributed by atoms with van der Waals surface area (Å²) in [5, 5.41) is 17.1. The molecule has 2 aromatic heterocycles. The Morgan fingerprint density at radius 3 is 2.48 bits per heavy atom. The third kappa shape index (κ3) is 4.65. The summed E-state index contributed by atoms with van der Waals surface area (Å²) in [6, 6.07) is 18.8. The highest BCUT2D eigenvalue weighted by atomic mass is 35.5. The van der Waals surface area contributed by atoms with E-state index in [1.807, 2.05) is 54.7 Å². The number of nitrogens with zero attached hydrogens (tertiary/aromatic N) is 5. The number of hydrazone groups is 1. The fourth-order valence-corrected chi connectivity index (χ4v) is 3.05. The Hall–Kier alpha value is -3.91. The third-order valence-corrected chi connectivity index (χ3v) is 4.64. The maximum atomic E-state index is 5.77. The first kappa shape index (κ1) is 20.4. The Balaban J connectivity index is 1.71. The molecule has 0 fully saturated rings. The van der Waals surface area contributed by atoms with Crippen molar-refractivity contribution >= 4 is 23.6 Å². The molecule has 0 amide bonds. The number of halogens is 1. The minimum Gasteiger partial charge on any atom is -0.493 e. The first-order chi connectivity index (χ1) is 15.2. The molecule has 0 aliphatic carbocycles. The Morgan fingerprint density at radius 2 is 1.77 bits per heavy atom. The number of hydrogen-bond acceptors (Lipinski definition) is 7. The molecule has 0 atom stereocenters. The smallest absolute Gasteiger partial charge is 0.168 e. The highest BCUT2D eigenvalue weighted by Crippen LogP contribution is 2.33. The molecule has 1 N–H and O–H groups in total. The van der Waals surface area contributed by atoms with Crippen LogP contribution in [-0.4, -0.2) is 40.4 Å². The first-order valence-electron chi connectivity index (χ1n) is 9.33. The number of rotatable bonds is 7. The van der Waals surface area contributed by atoms with Crippen LogP contribution in [0.2, 0.25) is 5.15 Å². The third-order valence-electron chi connectivity index (χ3n) is 4.43. The number of aromatic nitrogens is 4. The predicted molar refractivity (Wildman–Crippen MR) is 120 cm³/mol. The zero-order valence-electron chi connectivity index (χ0n) is 16.9. The van der Waals surface area contributed by atoms with Crippen molar-refractivity contribution in [2.24, 2.45) is 5.10 Å². The predicted octanol–water partition coefficient (Wildman–Crippen LogP) is 4.45. The van der Waals surface area contributed by atoms with E-state index in [1.54, 1.807) is 37.2 Å². The Morgan fingerprint density at radius 1 is 0.968 bits per heavy atom. The van der Waals surface area contributed by atoms with E-state index in [0.717, 1.165) is 22.5 Å². The van der Waals surface area contributed by atoms with Crippen molar-refractivity contribution in [2.75, 3.05) is 19.6 Å². The summed E-state index contributed by atoms with van der Waals surface area (Å²) < 4.78 is 12.6. The number of hydrogen-bond donors (Lipinski definition) is 1. The van der Waals surface area contributed by atoms with Gasteiger partial charge in [0, 0.05) is 17.3 Å². The van der Waals surface area contributed by atoms with Crippen LogP contribution in [-0.2, 0) is 0 Å². The molecular formula is C22H19ClN6O2. The van der Waals surface area contributed by atoms with Crippen LogP contribution >= 0.6 is 11.6 Å². The van der Waals surface area contributed by atoms with Crippen molar-refractivity contribution < 1.29 is 9.47 Å². The molecule has 2 heterocycles. The van der Waals surface area contributed by atoms with E-state index in [4.69, 9.17) is 26.2 Å². The van der Waals surface area contributed by atoms with Crippen LogP contribution in [0, 0.1) is 0 Å². The zero-order chi connectivity index (χ0) is 21.6. The summed E-state index contributed by atoms with van der Waals surface area (Å²) in [6.45, 7) is 0. The van der Waals surface area contributed by atoms with Gasteiger partial charge in [0.1, 0.15) is 5.69 Å². The maximum absolute atomic E-state index is 5.77. The molecule has 0 saturated heterocycles. The molecule has 0 aliphatic heterocycles. The van der Waals surface area contributed by atoms with Crippen molar-refractivity contribution in [2.45, 2.75) is 0 Å². The summed E-state index contributed by atoms with van der Waals surface area (Å²) >= 11 is 5.77. The Labute approximate surface area is 184 Å². The monoisotopic (exact) mass is 434 g/mol. The lowest BCUT2D eigenvalue weighted by molar-refractivity contribution is 0.355. The van der Waals surface area contributed by atoms with E-state index in [2.05, 4.69) is 20.7 Å². The van der Waals surface area contributed by atoms with Gasteiger partial charge in [-0.25, -0.2) is 4.68 Å². The molecule has 0 aliphatic rings. The van der Waals surface area contributed by atoms with E-state index in [1.165, 1.54) is 0 Å². The second-order valence-electron chi connectivity index (χ2n) is 6.39. The van der Waals surface area contributed by atoms with Crippen molar-refractivity contribution in [1.82, 2.24) is 20.0 Å². The molecule has 4 rings (SSSR count). The molecule has 9 heteroatoms. The Bertz CT molecular complexity index is 1190. The van der Waals surface area contributed by atoms with Crippen molar-refractivity contribution in [3.63, 3.8) is 0 Å². The SMILES string of the molecule is COc1ccc(-c2nn(-c3ccccc3)cc2/C=N/Nc2ccc(Cl)nn2)cc1OC. The van der Waals surface area contributed by atoms with Gasteiger partial charge in [0.25, 0.3) is 0 Å². The van der Waals surface area contributed by atoms with Gasteiger partial charge < -0.3 is 9.47 Å². The van der Waals surface area contributed by atoms with Crippen LogP contribution in [0.25, 0.3) is 16.9 Å². The van der Waals surface area contributed by atoms with Gasteiger partial charge in [-0.05, 0) is 42.5 Å². The molecule has 0 unspecified atom stereocenters. The Kier molecular flexibility index (Phi) is 6.09. The normalized spacial score (nSPS) is 10.9. The van der Waals surface area contributed by atoms with Gasteiger partial charge in [-0.1, -0.05) is 29.8 Å². The largest absolute Gasteiger partial charge is 0.493 e. The van der Waals surface area contributed by atoms with Crippen LogP contribution in [0.15, 0.2) is 72.0 Å². The number of methoxy groups -OCH3 is 2. The van der Waals surface area contributed by atoms with Crippen LogP contribution < -0.4 is 14.9 Å². The highest BCUT2D eigenvalue weighted by molar-refractivity contribution is 6.29. The van der Waals surface area contributed by atoms with Crippen molar-refractivity contribution in [3.8, 4) is 28.4 Å². The van der Waals surface area contributed by atoms with Gasteiger partial charge in [-0.2, -0.15) is 10.2 Å². The van der Waals surface area contributed by atoms with E-state index in [-0.39, 0.29) is 0 Å². The van der Waals surface area contributed by atoms with E-state index < -0.39 is 0 Å². The number of nitrogens with one attached hydrogen (secondary N) is 1. The zero-order valence-corrected chi connectivity index (χ0v) is 17.6. The molecule has 156 valence electrons. The molecule has 2 aromatic carbocycles. The topological polar surface area (TPSA) is 86.5 Å². The van der Waals surface area contributed by atoms with Crippen molar-refractivity contribution in [1.29, 1.82) is 0 Å². The van der Waals surface area contributed by atoms with Gasteiger partial charge in [-0.15, -0.1) is 10.2 Å². The lowest BCUT2D eigenvalue weighted by Crippen LogP contribution is -1.96. The molecule has 0 bridgehead atoms. The van der Waals surface area contributed by atoms with Gasteiger partial charge in [-0.3, -0.25) is 5.43 Å². The second-order valence-corrected chi connectivity index (χ2v) is 6.78. The summed E-state index contributed by atoms with van der Waals surface area (Å²) in [4.78, 5) is 0. The van der Waals surface area contributed by atoms with E-state index in [0.29, 0.717) is 22.5 Å². The maximum Gasteiger partial charge on any atom is 0.168 e. The molecule has 0 spiro atoms. The number of benzene rings is 2. The molecular weight excluding hydrogens is 416 g/mol. The lowest BCUT2D eigenvalue weighted by Gasteiger charge is -2.09. The minimum absolute atomic E-state index is 0.314. The van der Waals surface area contributed by atoms with E-state index >= 15 is 0 Å². The average Bonchev–Trinajstić information content (AvgIpc) is 3.24. The molecule has 31 heavy (non-hydrogen) atoms. The van der Waals surface area contributed by atoms with Crippen LogP contribution in [0.1, 0.15) is 5.56 Å². The minimum atomic E-state index is 0.314. The quantitative estimate of drug-likeness (QED) is 0.341. The van der Waals surface area contributed by atoms with Gasteiger partial charge in [0.05, 0.1) is 26.1 Å². The fraction of sp³-hybridized carbons (Fsp3) is 0.0909. The van der Waals surface area contributed by atoms with Gasteiger partial charge in [0.2, 0.25) is 0 Å². The summed E-state index contributed by atoms with van der Waals surface area (Å²) in [5.41, 5.74) is 6.17. The van der Waals surface area contributed by atoms with Crippen LogP contribution in [0.5, 0.6) is 11.5 Å². The molecule has 0 saturated carbocycles. The summed E-state index contributed by atoms with van der Waals surface area (Å²) in [7, 11) is 3.20. The molecule has 4 aromatic rings. The summed E-state index contributed by atoms with van der Waals surface area (Å²) in [5.74, 6) is 1.74. The summed E-state index contributed by atoms with van der Waals surface area (Å²) in [6.07, 6.45) is 3.58. The fourth-order valence-electron chi connectivity index (χ4n) is 2.95. The number of ether oxygens (including phenoxy) is 2. The lowest BCUT2D eigenvalue weighted by atomic mass is 10.1.